The Bertz CT molecular complexity index is 453. The molecule has 0 aliphatic heterocycles. The highest BCUT2D eigenvalue weighted by atomic mass is 16.4. The fraction of sp³-hybridized carbons (Fsp3) is 0.737. The third kappa shape index (κ3) is 11.0. The van der Waals surface area contributed by atoms with Gasteiger partial charge in [0.1, 0.15) is 11.5 Å². The molecule has 0 unspecified atom stereocenters. The maximum absolute atomic E-state index is 11.1. The average molecular weight is 324 g/mol. The first-order valence-electron chi connectivity index (χ1n) is 9.16. The molecule has 1 aromatic heterocycles. The van der Waals surface area contributed by atoms with Gasteiger partial charge in [-0.25, -0.2) is 4.79 Å². The Morgan fingerprint density at radius 3 is 1.70 bits per heavy atom. The van der Waals surface area contributed by atoms with Crippen LogP contribution in [0.4, 0.5) is 0 Å². The Hall–Kier alpha value is -1.29. The van der Waals surface area contributed by atoms with Crippen molar-refractivity contribution >= 4 is 0 Å². The van der Waals surface area contributed by atoms with Crippen LogP contribution in [0.1, 0.15) is 82.8 Å². The molecule has 0 aromatic carbocycles. The third-order valence-corrected chi connectivity index (χ3v) is 4.14. The van der Waals surface area contributed by atoms with Crippen molar-refractivity contribution in [3.05, 3.63) is 28.3 Å². The predicted molar refractivity (Wildman–Crippen MR) is 92.8 cm³/mol. The summed E-state index contributed by atoms with van der Waals surface area (Å²) < 4.78 is 5.04. The molecule has 2 N–H and O–H groups in total. The van der Waals surface area contributed by atoms with Crippen LogP contribution in [-0.4, -0.2) is 16.8 Å². The molecule has 0 aliphatic carbocycles. The molecule has 23 heavy (non-hydrogen) atoms. The van der Waals surface area contributed by atoms with E-state index in [1.807, 2.05) is 0 Å². The van der Waals surface area contributed by atoms with Crippen LogP contribution in [0.2, 0.25) is 0 Å². The lowest BCUT2D eigenvalue weighted by molar-refractivity contribution is 0.282. The second kappa shape index (κ2) is 13.2. The Labute approximate surface area is 139 Å². The van der Waals surface area contributed by atoms with Gasteiger partial charge in [0.05, 0.1) is 6.07 Å². The maximum atomic E-state index is 11.1. The molecular weight excluding hydrogens is 292 g/mol. The number of aromatic hydroxyl groups is 1. The molecule has 1 aromatic rings. The highest BCUT2D eigenvalue weighted by molar-refractivity contribution is 5.18. The van der Waals surface area contributed by atoms with Gasteiger partial charge in [-0.2, -0.15) is 0 Å². The summed E-state index contributed by atoms with van der Waals surface area (Å²) in [7, 11) is 0. The van der Waals surface area contributed by atoms with Crippen LogP contribution in [-0.2, 0) is 6.42 Å². The molecule has 0 spiro atoms. The lowest BCUT2D eigenvalue weighted by atomic mass is 10.0. The van der Waals surface area contributed by atoms with Crippen molar-refractivity contribution in [3.63, 3.8) is 0 Å². The van der Waals surface area contributed by atoms with Crippen LogP contribution >= 0.6 is 0 Å². The zero-order valence-corrected chi connectivity index (χ0v) is 14.3. The van der Waals surface area contributed by atoms with Gasteiger partial charge in [0.25, 0.3) is 0 Å². The van der Waals surface area contributed by atoms with Crippen LogP contribution in [0.15, 0.2) is 21.3 Å². The first-order chi connectivity index (χ1) is 11.2. The highest BCUT2D eigenvalue weighted by Crippen LogP contribution is 2.14. The van der Waals surface area contributed by atoms with Crippen molar-refractivity contribution < 1.29 is 14.6 Å². The van der Waals surface area contributed by atoms with Gasteiger partial charge >= 0.3 is 5.63 Å². The minimum absolute atomic E-state index is 0.00684. The predicted octanol–water partition coefficient (Wildman–Crippen LogP) is 4.56. The number of hydrogen-bond acceptors (Lipinski definition) is 4. The van der Waals surface area contributed by atoms with Crippen molar-refractivity contribution in [1.29, 1.82) is 0 Å². The molecule has 0 saturated heterocycles. The number of unbranched alkanes of at least 4 members (excludes halogenated alkanes) is 11. The van der Waals surface area contributed by atoms with Crippen LogP contribution < -0.4 is 5.63 Å². The number of aliphatic hydroxyl groups excluding tert-OH is 1. The normalized spacial score (nSPS) is 11.0. The van der Waals surface area contributed by atoms with Gasteiger partial charge in [-0.3, -0.25) is 0 Å². The average Bonchev–Trinajstić information content (AvgIpc) is 2.51. The fourth-order valence-electron chi connectivity index (χ4n) is 2.82. The van der Waals surface area contributed by atoms with Crippen molar-refractivity contribution in [2.75, 3.05) is 6.61 Å². The Morgan fingerprint density at radius 2 is 1.22 bits per heavy atom. The van der Waals surface area contributed by atoms with Crippen LogP contribution in [0.5, 0.6) is 5.75 Å². The molecule has 0 aliphatic rings. The summed E-state index contributed by atoms with van der Waals surface area (Å²) in [4.78, 5) is 11.1. The molecule has 0 amide bonds. The SMILES string of the molecule is O=c1cc(O)cc(CCCCCCCCCCCCCCO)o1. The minimum Gasteiger partial charge on any atom is -0.508 e. The van der Waals surface area contributed by atoms with E-state index in [1.54, 1.807) is 0 Å². The van der Waals surface area contributed by atoms with Gasteiger partial charge in [0.15, 0.2) is 0 Å². The van der Waals surface area contributed by atoms with Crippen molar-refractivity contribution in [3.8, 4) is 5.75 Å². The summed E-state index contributed by atoms with van der Waals surface area (Å²) in [6, 6.07) is 2.62. The van der Waals surface area contributed by atoms with Gasteiger partial charge in [-0.05, 0) is 12.8 Å². The molecule has 1 heterocycles. The first kappa shape index (κ1) is 19.8. The van der Waals surface area contributed by atoms with Crippen molar-refractivity contribution in [2.45, 2.75) is 83.5 Å². The summed E-state index contributed by atoms with van der Waals surface area (Å²) >= 11 is 0. The number of aliphatic hydroxyl groups is 1. The Morgan fingerprint density at radius 1 is 0.739 bits per heavy atom. The van der Waals surface area contributed by atoms with E-state index in [1.165, 1.54) is 57.4 Å². The van der Waals surface area contributed by atoms with E-state index in [-0.39, 0.29) is 5.75 Å². The van der Waals surface area contributed by atoms with Gasteiger partial charge < -0.3 is 14.6 Å². The van der Waals surface area contributed by atoms with Gasteiger partial charge in [-0.15, -0.1) is 0 Å². The lowest BCUT2D eigenvalue weighted by Gasteiger charge is -2.03. The Kier molecular flexibility index (Phi) is 11.3. The first-order valence-corrected chi connectivity index (χ1v) is 9.16. The van der Waals surface area contributed by atoms with Gasteiger partial charge in [0, 0.05) is 19.1 Å². The number of hydrogen-bond donors (Lipinski definition) is 2. The van der Waals surface area contributed by atoms with Crippen molar-refractivity contribution in [1.82, 2.24) is 0 Å². The van der Waals surface area contributed by atoms with E-state index >= 15 is 0 Å². The second-order valence-electron chi connectivity index (χ2n) is 6.32. The van der Waals surface area contributed by atoms with Crippen LogP contribution in [0, 0.1) is 0 Å². The molecule has 0 atom stereocenters. The van der Waals surface area contributed by atoms with Crippen molar-refractivity contribution in [2.24, 2.45) is 0 Å². The van der Waals surface area contributed by atoms with E-state index < -0.39 is 5.63 Å². The van der Waals surface area contributed by atoms with E-state index in [9.17, 15) is 9.90 Å². The summed E-state index contributed by atoms with van der Waals surface area (Å²) in [5.41, 5.74) is -0.476. The standard InChI is InChI=1S/C19H32O4/c20-14-12-10-8-6-4-2-1-3-5-7-9-11-13-18-15-17(21)16-19(22)23-18/h15-16,20-21H,1-14H2. The quantitative estimate of drug-likeness (QED) is 0.492. The number of aryl methyl sites for hydroxylation is 1. The Balaban J connectivity index is 1.87. The summed E-state index contributed by atoms with van der Waals surface area (Å²) in [5.74, 6) is 0.573. The molecule has 1 rings (SSSR count). The highest BCUT2D eigenvalue weighted by Gasteiger charge is 2.01. The van der Waals surface area contributed by atoms with E-state index in [2.05, 4.69) is 0 Å². The molecule has 0 fully saturated rings. The van der Waals surface area contributed by atoms with E-state index in [0.717, 1.165) is 38.2 Å². The molecule has 0 saturated carbocycles. The largest absolute Gasteiger partial charge is 0.508 e. The molecule has 4 nitrogen and oxygen atoms in total. The van der Waals surface area contributed by atoms with Gasteiger partial charge in [-0.1, -0.05) is 64.2 Å². The molecular formula is C19H32O4. The van der Waals surface area contributed by atoms with Crippen LogP contribution in [0.25, 0.3) is 0 Å². The second-order valence-corrected chi connectivity index (χ2v) is 6.32. The van der Waals surface area contributed by atoms with E-state index in [0.29, 0.717) is 12.4 Å². The zero-order chi connectivity index (χ0) is 16.8. The van der Waals surface area contributed by atoms with E-state index in [4.69, 9.17) is 9.52 Å². The smallest absolute Gasteiger partial charge is 0.339 e. The topological polar surface area (TPSA) is 70.7 Å². The monoisotopic (exact) mass is 324 g/mol. The van der Waals surface area contributed by atoms with Crippen LogP contribution in [0.3, 0.4) is 0 Å². The molecule has 4 heteroatoms. The fourth-order valence-corrected chi connectivity index (χ4v) is 2.82. The molecule has 132 valence electrons. The van der Waals surface area contributed by atoms with Gasteiger partial charge in [0.2, 0.25) is 0 Å². The summed E-state index contributed by atoms with van der Waals surface area (Å²) in [6.45, 7) is 0.331. The molecule has 0 radical (unpaired) electrons. The summed E-state index contributed by atoms with van der Waals surface area (Å²) in [6.07, 6.45) is 15.3. The third-order valence-electron chi connectivity index (χ3n) is 4.14. The minimum atomic E-state index is -0.476. The lowest BCUT2D eigenvalue weighted by Crippen LogP contribution is -1.98. The zero-order valence-electron chi connectivity index (χ0n) is 14.3. The summed E-state index contributed by atoms with van der Waals surface area (Å²) in [5, 5.41) is 18.0. The maximum Gasteiger partial charge on any atom is 0.339 e. The molecule has 0 bridgehead atoms. The number of rotatable bonds is 14.